The second-order valence-electron chi connectivity index (χ2n) is 8.15. The standard InChI is InChI=1S/C18H27BF2N2O2/c1-13-14(19-24-16(2,3)17(4,5)25-19)8-9-15(22-13)18(20,21)12-23-10-6-7-11-23/h8-9H,6-7,10-12H2,1-5H3. The van der Waals surface area contributed by atoms with Crippen LogP contribution in [0.4, 0.5) is 8.78 Å². The molecular weight excluding hydrogens is 325 g/mol. The van der Waals surface area contributed by atoms with Crippen LogP contribution in [0, 0.1) is 6.92 Å². The molecule has 0 aliphatic carbocycles. The summed E-state index contributed by atoms with van der Waals surface area (Å²) in [5.41, 5.74) is 0.110. The Hall–Kier alpha value is -1.05. The molecule has 3 rings (SSSR count). The first-order chi connectivity index (χ1) is 11.5. The van der Waals surface area contributed by atoms with Crippen molar-refractivity contribution in [1.29, 1.82) is 0 Å². The first kappa shape index (κ1) is 18.7. The van der Waals surface area contributed by atoms with Crippen molar-refractivity contribution in [1.82, 2.24) is 9.88 Å². The Morgan fingerprint density at radius 3 is 2.20 bits per heavy atom. The number of pyridine rings is 1. The number of rotatable bonds is 4. The van der Waals surface area contributed by atoms with Crippen molar-refractivity contribution in [2.45, 2.75) is 64.6 Å². The minimum Gasteiger partial charge on any atom is -0.399 e. The van der Waals surface area contributed by atoms with Crippen LogP contribution in [0.3, 0.4) is 0 Å². The molecule has 3 heterocycles. The van der Waals surface area contributed by atoms with Gasteiger partial charge in [-0.05, 0) is 66.6 Å². The molecular formula is C18H27BF2N2O2. The fourth-order valence-corrected chi connectivity index (χ4v) is 3.30. The van der Waals surface area contributed by atoms with Crippen LogP contribution in [-0.4, -0.2) is 47.8 Å². The highest BCUT2D eigenvalue weighted by Gasteiger charge is 2.52. The van der Waals surface area contributed by atoms with Gasteiger partial charge in [-0.25, -0.2) is 0 Å². The maximum atomic E-state index is 14.6. The van der Waals surface area contributed by atoms with Crippen molar-refractivity contribution >= 4 is 12.6 Å². The average molecular weight is 352 g/mol. The van der Waals surface area contributed by atoms with Crippen LogP contribution in [0.25, 0.3) is 0 Å². The van der Waals surface area contributed by atoms with Crippen molar-refractivity contribution in [3.8, 4) is 0 Å². The Balaban J connectivity index is 1.79. The van der Waals surface area contributed by atoms with E-state index in [0.29, 0.717) is 11.2 Å². The molecule has 2 fully saturated rings. The van der Waals surface area contributed by atoms with Crippen LogP contribution < -0.4 is 5.46 Å². The quantitative estimate of drug-likeness (QED) is 0.781. The molecule has 2 aliphatic heterocycles. The number of likely N-dealkylation sites (tertiary alicyclic amines) is 1. The van der Waals surface area contributed by atoms with Crippen molar-refractivity contribution in [3.63, 3.8) is 0 Å². The summed E-state index contributed by atoms with van der Waals surface area (Å²) in [5, 5.41) is 0. The van der Waals surface area contributed by atoms with E-state index in [9.17, 15) is 8.78 Å². The van der Waals surface area contributed by atoms with Crippen molar-refractivity contribution in [2.24, 2.45) is 0 Å². The van der Waals surface area contributed by atoms with E-state index in [0.717, 1.165) is 25.9 Å². The summed E-state index contributed by atoms with van der Waals surface area (Å²) in [4.78, 5) is 6.00. The first-order valence-corrected chi connectivity index (χ1v) is 8.96. The van der Waals surface area contributed by atoms with Gasteiger partial charge in [-0.1, -0.05) is 6.07 Å². The van der Waals surface area contributed by atoms with Crippen LogP contribution in [0.5, 0.6) is 0 Å². The number of halogens is 2. The number of aromatic nitrogens is 1. The third-order valence-electron chi connectivity index (χ3n) is 5.63. The molecule has 7 heteroatoms. The Morgan fingerprint density at radius 2 is 1.68 bits per heavy atom. The second-order valence-corrected chi connectivity index (χ2v) is 8.15. The normalized spacial score (nSPS) is 23.4. The van der Waals surface area contributed by atoms with E-state index in [1.807, 2.05) is 27.7 Å². The third-order valence-corrected chi connectivity index (χ3v) is 5.63. The summed E-state index contributed by atoms with van der Waals surface area (Å²) in [6, 6.07) is 3.07. The summed E-state index contributed by atoms with van der Waals surface area (Å²) < 4.78 is 41.2. The largest absolute Gasteiger partial charge is 0.496 e. The predicted octanol–water partition coefficient (Wildman–Crippen LogP) is 2.88. The summed E-state index contributed by atoms with van der Waals surface area (Å²) in [6.45, 7) is 10.8. The maximum Gasteiger partial charge on any atom is 0.496 e. The van der Waals surface area contributed by atoms with Gasteiger partial charge in [0.05, 0.1) is 17.7 Å². The molecule has 1 aromatic rings. The summed E-state index contributed by atoms with van der Waals surface area (Å²) in [7, 11) is -0.584. The Bertz CT molecular complexity index is 630. The lowest BCUT2D eigenvalue weighted by Crippen LogP contribution is -2.41. The van der Waals surface area contributed by atoms with Gasteiger partial charge in [0.25, 0.3) is 0 Å². The van der Waals surface area contributed by atoms with Crippen molar-refractivity contribution in [2.75, 3.05) is 19.6 Å². The Kier molecular flexibility index (Phi) is 4.71. The molecule has 138 valence electrons. The van der Waals surface area contributed by atoms with Gasteiger partial charge in [-0.2, -0.15) is 8.78 Å². The first-order valence-electron chi connectivity index (χ1n) is 8.96. The topological polar surface area (TPSA) is 34.6 Å². The minimum atomic E-state index is -2.95. The molecule has 25 heavy (non-hydrogen) atoms. The van der Waals surface area contributed by atoms with Crippen LogP contribution in [-0.2, 0) is 15.2 Å². The van der Waals surface area contributed by atoms with Crippen molar-refractivity contribution < 1.29 is 18.1 Å². The zero-order valence-corrected chi connectivity index (χ0v) is 15.7. The monoisotopic (exact) mass is 352 g/mol. The number of hydrogen-bond donors (Lipinski definition) is 0. The zero-order valence-electron chi connectivity index (χ0n) is 15.7. The molecule has 0 amide bonds. The zero-order chi connectivity index (χ0) is 18.5. The van der Waals surface area contributed by atoms with Crippen LogP contribution in [0.15, 0.2) is 12.1 Å². The Labute approximate surface area is 149 Å². The fraction of sp³-hybridized carbons (Fsp3) is 0.722. The van der Waals surface area contributed by atoms with E-state index in [4.69, 9.17) is 9.31 Å². The van der Waals surface area contributed by atoms with E-state index in [2.05, 4.69) is 4.98 Å². The number of alkyl halides is 2. The molecule has 2 saturated heterocycles. The molecule has 0 N–H and O–H groups in total. The summed E-state index contributed by atoms with van der Waals surface area (Å²) >= 11 is 0. The number of hydrogen-bond acceptors (Lipinski definition) is 4. The smallest absolute Gasteiger partial charge is 0.399 e. The summed E-state index contributed by atoms with van der Waals surface area (Å²) in [6.07, 6.45) is 1.98. The second kappa shape index (κ2) is 6.29. The molecule has 0 spiro atoms. The molecule has 0 atom stereocenters. The van der Waals surface area contributed by atoms with E-state index >= 15 is 0 Å². The van der Waals surface area contributed by atoms with Gasteiger partial charge >= 0.3 is 13.0 Å². The lowest BCUT2D eigenvalue weighted by atomic mass is 9.78. The van der Waals surface area contributed by atoms with Gasteiger partial charge in [-0.3, -0.25) is 9.88 Å². The van der Waals surface area contributed by atoms with E-state index in [-0.39, 0.29) is 12.2 Å². The fourth-order valence-electron chi connectivity index (χ4n) is 3.30. The number of nitrogens with zero attached hydrogens (tertiary/aromatic N) is 2. The highest BCUT2D eigenvalue weighted by atomic mass is 19.3. The van der Waals surface area contributed by atoms with Gasteiger partial charge in [0, 0.05) is 11.2 Å². The predicted molar refractivity (Wildman–Crippen MR) is 94.3 cm³/mol. The van der Waals surface area contributed by atoms with Crippen molar-refractivity contribution in [3.05, 3.63) is 23.5 Å². The maximum absolute atomic E-state index is 14.6. The highest BCUT2D eigenvalue weighted by molar-refractivity contribution is 6.62. The lowest BCUT2D eigenvalue weighted by molar-refractivity contribution is -0.0367. The molecule has 2 aliphatic rings. The van der Waals surface area contributed by atoms with Gasteiger partial charge < -0.3 is 9.31 Å². The van der Waals surface area contributed by atoms with Crippen LogP contribution in [0.1, 0.15) is 51.9 Å². The van der Waals surface area contributed by atoms with E-state index in [1.165, 1.54) is 6.07 Å². The van der Waals surface area contributed by atoms with Gasteiger partial charge in [0.15, 0.2) is 0 Å². The summed E-state index contributed by atoms with van der Waals surface area (Å²) in [5.74, 6) is -2.95. The lowest BCUT2D eigenvalue weighted by Gasteiger charge is -2.32. The molecule has 1 aromatic heterocycles. The van der Waals surface area contributed by atoms with E-state index < -0.39 is 24.2 Å². The molecule has 0 bridgehead atoms. The van der Waals surface area contributed by atoms with Gasteiger partial charge in [-0.15, -0.1) is 0 Å². The molecule has 4 nitrogen and oxygen atoms in total. The minimum absolute atomic E-state index is 0.183. The third kappa shape index (κ3) is 3.59. The SMILES string of the molecule is Cc1nc(C(F)(F)CN2CCCC2)ccc1B1OC(C)(C)C(C)(C)O1. The number of aryl methyl sites for hydroxylation is 1. The van der Waals surface area contributed by atoms with Gasteiger partial charge in [0.1, 0.15) is 5.69 Å². The molecule has 0 unspecified atom stereocenters. The van der Waals surface area contributed by atoms with E-state index in [1.54, 1.807) is 17.9 Å². The molecule has 0 radical (unpaired) electrons. The Morgan fingerprint density at radius 1 is 1.12 bits per heavy atom. The molecule has 0 aromatic carbocycles. The highest BCUT2D eigenvalue weighted by Crippen LogP contribution is 2.37. The van der Waals surface area contributed by atoms with Crippen LogP contribution >= 0.6 is 0 Å². The van der Waals surface area contributed by atoms with Crippen LogP contribution in [0.2, 0.25) is 0 Å². The molecule has 0 saturated carbocycles. The van der Waals surface area contributed by atoms with Gasteiger partial charge in [0.2, 0.25) is 0 Å². The average Bonchev–Trinajstić information content (AvgIpc) is 3.04.